The van der Waals surface area contributed by atoms with Crippen molar-refractivity contribution in [3.8, 4) is 0 Å². The lowest BCUT2D eigenvalue weighted by molar-refractivity contribution is -0.320. The van der Waals surface area contributed by atoms with E-state index in [1.165, 1.54) is 0 Å². The van der Waals surface area contributed by atoms with Gasteiger partial charge >= 0.3 is 18.5 Å². The summed E-state index contributed by atoms with van der Waals surface area (Å²) in [5.74, 6) is -5.90. The fourth-order valence-electron chi connectivity index (χ4n) is 0.124. The van der Waals surface area contributed by atoms with Crippen LogP contribution in [0.1, 0.15) is 0 Å². The van der Waals surface area contributed by atoms with E-state index in [1.54, 1.807) is 0 Å². The summed E-state index contributed by atoms with van der Waals surface area (Å²) in [5.41, 5.74) is 0. The highest BCUT2D eigenvalue weighted by molar-refractivity contribution is 4.77. The molecule has 0 saturated carbocycles. The summed E-state index contributed by atoms with van der Waals surface area (Å²) >= 11 is 0. The second-order valence-corrected chi connectivity index (χ2v) is 1.42. The maximum atomic E-state index is 11.2. The first-order valence-corrected chi connectivity index (χ1v) is 2.11. The van der Waals surface area contributed by atoms with E-state index in [2.05, 4.69) is 7.18 Å². The summed E-state index contributed by atoms with van der Waals surface area (Å²) in [7, 11) is 4.25. The topological polar surface area (TPSA) is 0 Å². The minimum atomic E-state index is -6.17. The van der Waals surface area contributed by atoms with Gasteiger partial charge in [0.1, 0.15) is 0 Å². The van der Waals surface area contributed by atoms with Crippen molar-refractivity contribution in [2.24, 2.45) is 0 Å². The molecule has 0 saturated heterocycles. The quantitative estimate of drug-likeness (QED) is 0.572. The van der Waals surface area contributed by atoms with Crippen LogP contribution in [0, 0.1) is 7.18 Å². The van der Waals surface area contributed by atoms with Gasteiger partial charge in [-0.1, -0.05) is 0 Å². The monoisotopic (exact) mass is 201 g/mol. The second kappa shape index (κ2) is 4.46. The standard InChI is InChI=1S/C3HF7.CF/c4-1(5)2(6,7)3(8,9)10;1-2/h1H;. The second-order valence-electron chi connectivity index (χ2n) is 1.42. The van der Waals surface area contributed by atoms with E-state index < -0.39 is 18.5 Å². The average Bonchev–Trinajstić information content (AvgIpc) is 1.89. The van der Waals surface area contributed by atoms with Crippen LogP contribution in [-0.2, 0) is 0 Å². The van der Waals surface area contributed by atoms with Crippen LogP contribution >= 0.6 is 0 Å². The Bertz CT molecular complexity index is 113. The Morgan fingerprint density at radius 3 is 1.08 bits per heavy atom. The molecule has 0 aliphatic carbocycles. The summed E-state index contributed by atoms with van der Waals surface area (Å²) in [5, 5.41) is 0. The van der Waals surface area contributed by atoms with Crippen molar-refractivity contribution in [2.45, 2.75) is 18.5 Å². The molecule has 0 bridgehead atoms. The Kier molecular flexibility index (Phi) is 5.20. The molecule has 0 aromatic carbocycles. The molecule has 0 aliphatic heterocycles. The number of alkyl halides is 7. The Morgan fingerprint density at radius 2 is 1.08 bits per heavy atom. The van der Waals surface area contributed by atoms with Gasteiger partial charge in [0.2, 0.25) is 7.18 Å². The predicted octanol–water partition coefficient (Wildman–Crippen LogP) is 2.95. The lowest BCUT2D eigenvalue weighted by Gasteiger charge is -2.17. The van der Waals surface area contributed by atoms with E-state index in [9.17, 15) is 30.7 Å². The first kappa shape index (κ1) is 14.0. The van der Waals surface area contributed by atoms with Crippen LogP contribution in [0.2, 0.25) is 0 Å². The van der Waals surface area contributed by atoms with E-state index in [1.807, 2.05) is 0 Å². The third-order valence-corrected chi connectivity index (χ3v) is 0.652. The molecule has 0 N–H and O–H groups in total. The lowest BCUT2D eigenvalue weighted by atomic mass is 10.3. The summed E-state index contributed by atoms with van der Waals surface area (Å²) in [6.45, 7) is 0. The maximum absolute atomic E-state index is 11.2. The fourth-order valence-corrected chi connectivity index (χ4v) is 0.124. The van der Waals surface area contributed by atoms with E-state index in [-0.39, 0.29) is 0 Å². The number of hydrogen-bond donors (Lipinski definition) is 0. The Hall–Kier alpha value is -0.560. The van der Waals surface area contributed by atoms with Gasteiger partial charge in [-0.05, 0) is 0 Å². The van der Waals surface area contributed by atoms with Gasteiger partial charge < -0.3 is 0 Å². The molecule has 0 nitrogen and oxygen atoms in total. The normalized spacial score (nSPS) is 12.5. The van der Waals surface area contributed by atoms with Gasteiger partial charge in [0.25, 0.3) is 0 Å². The average molecular weight is 201 g/mol. The maximum Gasteiger partial charge on any atom is 0.459 e. The Morgan fingerprint density at radius 1 is 0.833 bits per heavy atom. The minimum Gasteiger partial charge on any atom is -0.232 e. The molecule has 3 radical (unpaired) electrons. The minimum absolute atomic E-state index is 4.25. The summed E-state index contributed by atoms with van der Waals surface area (Å²) in [6.07, 6.45) is -10.9. The highest BCUT2D eigenvalue weighted by Gasteiger charge is 2.64. The number of halogens is 8. The summed E-state index contributed by atoms with van der Waals surface area (Å²) < 4.78 is 85.3. The third kappa shape index (κ3) is 3.22. The van der Waals surface area contributed by atoms with Crippen molar-refractivity contribution in [3.05, 3.63) is 7.18 Å². The lowest BCUT2D eigenvalue weighted by Crippen LogP contribution is -2.42. The molecular weight excluding hydrogens is 200 g/mol. The van der Waals surface area contributed by atoms with Crippen molar-refractivity contribution >= 4 is 0 Å². The first-order chi connectivity index (χ1) is 5.19. The van der Waals surface area contributed by atoms with Crippen LogP contribution in [0.5, 0.6) is 0 Å². The van der Waals surface area contributed by atoms with Crippen molar-refractivity contribution in [1.82, 2.24) is 0 Å². The molecule has 0 fully saturated rings. The van der Waals surface area contributed by atoms with Crippen molar-refractivity contribution in [2.75, 3.05) is 0 Å². The molecular formula is C4HF8. The van der Waals surface area contributed by atoms with Crippen molar-refractivity contribution in [3.63, 3.8) is 0 Å². The van der Waals surface area contributed by atoms with E-state index in [0.29, 0.717) is 0 Å². The summed E-state index contributed by atoms with van der Waals surface area (Å²) in [4.78, 5) is 0. The Labute approximate surface area is 62.2 Å². The smallest absolute Gasteiger partial charge is 0.232 e. The molecule has 0 heterocycles. The zero-order valence-electron chi connectivity index (χ0n) is 5.10. The molecule has 8 heteroatoms. The van der Waals surface area contributed by atoms with Gasteiger partial charge in [0.05, 0.1) is 0 Å². The molecule has 73 valence electrons. The molecule has 0 atom stereocenters. The predicted molar refractivity (Wildman–Crippen MR) is 21.4 cm³/mol. The molecule has 0 aromatic heterocycles. The van der Waals surface area contributed by atoms with E-state index in [0.717, 1.165) is 0 Å². The molecule has 0 unspecified atom stereocenters. The van der Waals surface area contributed by atoms with Crippen LogP contribution in [0.4, 0.5) is 35.1 Å². The van der Waals surface area contributed by atoms with Crippen LogP contribution in [0.25, 0.3) is 0 Å². The van der Waals surface area contributed by atoms with Gasteiger partial charge in [0.15, 0.2) is 0 Å². The zero-order chi connectivity index (χ0) is 10.6. The van der Waals surface area contributed by atoms with Crippen molar-refractivity contribution < 1.29 is 35.1 Å². The van der Waals surface area contributed by atoms with E-state index in [4.69, 9.17) is 4.39 Å². The largest absolute Gasteiger partial charge is 0.459 e. The molecule has 12 heavy (non-hydrogen) atoms. The van der Waals surface area contributed by atoms with Crippen LogP contribution in [0.15, 0.2) is 0 Å². The number of rotatable bonds is 1. The van der Waals surface area contributed by atoms with Gasteiger partial charge in [-0.15, -0.1) is 0 Å². The van der Waals surface area contributed by atoms with Gasteiger partial charge in [-0.3, -0.25) is 0 Å². The molecule has 0 spiro atoms. The fraction of sp³-hybridized carbons (Fsp3) is 0.750. The summed E-state index contributed by atoms with van der Waals surface area (Å²) in [6, 6.07) is 0. The van der Waals surface area contributed by atoms with Crippen molar-refractivity contribution in [1.29, 1.82) is 0 Å². The molecule has 0 rings (SSSR count). The first-order valence-electron chi connectivity index (χ1n) is 2.11. The highest BCUT2D eigenvalue weighted by atomic mass is 19.4. The zero-order valence-corrected chi connectivity index (χ0v) is 5.10. The highest BCUT2D eigenvalue weighted by Crippen LogP contribution is 2.39. The SMILES string of the molecule is FC(F)C(F)(F)C(F)(F)F.[C]F. The van der Waals surface area contributed by atoms with Crippen LogP contribution in [-0.4, -0.2) is 18.5 Å². The molecule has 0 aliphatic rings. The van der Waals surface area contributed by atoms with Crippen LogP contribution in [0.3, 0.4) is 0 Å². The Balaban J connectivity index is 0. The van der Waals surface area contributed by atoms with Gasteiger partial charge in [0, 0.05) is 0 Å². The number of hydrogen-bond acceptors (Lipinski definition) is 0. The molecule has 0 amide bonds. The van der Waals surface area contributed by atoms with Gasteiger partial charge in [-0.2, -0.15) is 22.0 Å². The third-order valence-electron chi connectivity index (χ3n) is 0.652. The van der Waals surface area contributed by atoms with Gasteiger partial charge in [-0.25, -0.2) is 13.2 Å². The van der Waals surface area contributed by atoms with E-state index >= 15 is 0 Å². The van der Waals surface area contributed by atoms with Crippen LogP contribution < -0.4 is 0 Å². The molecule has 0 aromatic rings.